The zero-order chi connectivity index (χ0) is 16.6. The normalized spacial score (nSPS) is 10.8. The molecule has 0 amide bonds. The Labute approximate surface area is 142 Å². The molecule has 6 nitrogen and oxygen atoms in total. The molecule has 3 aromatic rings. The van der Waals surface area contributed by atoms with E-state index in [0.29, 0.717) is 22.8 Å². The van der Waals surface area contributed by atoms with Gasteiger partial charge >= 0.3 is 0 Å². The van der Waals surface area contributed by atoms with Crippen molar-refractivity contribution in [1.29, 1.82) is 0 Å². The smallest absolute Gasteiger partial charge is 0.224 e. The van der Waals surface area contributed by atoms with Crippen molar-refractivity contribution in [3.63, 3.8) is 0 Å². The highest BCUT2D eigenvalue weighted by molar-refractivity contribution is 7.15. The summed E-state index contributed by atoms with van der Waals surface area (Å²) in [6, 6.07) is 3.59. The standard InChI is InChI=1S/C15H15ClN4O2S/c1-7-8(2)23-15(17-7)20-13-9-5-11(21-3)12(22-4)6-10(9)18-14(16)19-13/h5-6H,1-4H3,(H,17,18,19,20). The zero-order valence-electron chi connectivity index (χ0n) is 13.1. The lowest BCUT2D eigenvalue weighted by Crippen LogP contribution is -1.99. The Morgan fingerprint density at radius 2 is 1.74 bits per heavy atom. The number of thiazole rings is 1. The van der Waals surface area contributed by atoms with E-state index < -0.39 is 0 Å². The Kier molecular flexibility index (Phi) is 4.23. The largest absolute Gasteiger partial charge is 0.493 e. The number of ether oxygens (including phenoxy) is 2. The van der Waals surface area contributed by atoms with Crippen molar-refractivity contribution in [2.75, 3.05) is 19.5 Å². The number of aromatic nitrogens is 3. The van der Waals surface area contributed by atoms with Crippen molar-refractivity contribution in [3.05, 3.63) is 28.0 Å². The number of rotatable bonds is 4. The number of halogens is 1. The van der Waals surface area contributed by atoms with Gasteiger partial charge in [-0.05, 0) is 31.5 Å². The molecule has 2 aromatic heterocycles. The summed E-state index contributed by atoms with van der Waals surface area (Å²) in [6.07, 6.45) is 0. The van der Waals surface area contributed by atoms with Gasteiger partial charge in [0, 0.05) is 16.3 Å². The summed E-state index contributed by atoms with van der Waals surface area (Å²) >= 11 is 7.60. The molecule has 0 atom stereocenters. The predicted molar refractivity (Wildman–Crippen MR) is 92.5 cm³/mol. The Bertz CT molecular complexity index is 862. The minimum absolute atomic E-state index is 0.150. The highest BCUT2D eigenvalue weighted by Gasteiger charge is 2.14. The summed E-state index contributed by atoms with van der Waals surface area (Å²) in [6.45, 7) is 3.99. The molecule has 1 N–H and O–H groups in total. The molecule has 120 valence electrons. The third-order valence-electron chi connectivity index (χ3n) is 3.43. The second-order valence-corrected chi connectivity index (χ2v) is 6.39. The lowest BCUT2D eigenvalue weighted by Gasteiger charge is -2.11. The quantitative estimate of drug-likeness (QED) is 0.714. The minimum Gasteiger partial charge on any atom is -0.493 e. The first-order valence-corrected chi connectivity index (χ1v) is 8.01. The van der Waals surface area contributed by atoms with Gasteiger partial charge in [0.25, 0.3) is 0 Å². The summed E-state index contributed by atoms with van der Waals surface area (Å²) in [4.78, 5) is 14.1. The van der Waals surface area contributed by atoms with Crippen LogP contribution in [-0.2, 0) is 0 Å². The van der Waals surface area contributed by atoms with Gasteiger partial charge in [-0.2, -0.15) is 4.98 Å². The van der Waals surface area contributed by atoms with Gasteiger partial charge in [0.1, 0.15) is 5.82 Å². The second-order valence-electron chi connectivity index (χ2n) is 4.85. The number of hydrogen-bond acceptors (Lipinski definition) is 7. The molecule has 8 heteroatoms. The van der Waals surface area contributed by atoms with E-state index in [-0.39, 0.29) is 5.28 Å². The summed E-state index contributed by atoms with van der Waals surface area (Å²) in [5.41, 5.74) is 1.65. The summed E-state index contributed by atoms with van der Waals surface area (Å²) in [7, 11) is 3.16. The number of nitrogens with one attached hydrogen (secondary N) is 1. The van der Waals surface area contributed by atoms with Gasteiger partial charge in [-0.25, -0.2) is 9.97 Å². The van der Waals surface area contributed by atoms with Crippen LogP contribution in [0.25, 0.3) is 10.9 Å². The van der Waals surface area contributed by atoms with Crippen LogP contribution >= 0.6 is 22.9 Å². The Morgan fingerprint density at radius 1 is 1.04 bits per heavy atom. The van der Waals surface area contributed by atoms with Crippen LogP contribution in [0.2, 0.25) is 5.28 Å². The Hall–Kier alpha value is -2.12. The maximum Gasteiger partial charge on any atom is 0.224 e. The van der Waals surface area contributed by atoms with Gasteiger partial charge in [-0.3, -0.25) is 0 Å². The monoisotopic (exact) mass is 350 g/mol. The van der Waals surface area contributed by atoms with Crippen LogP contribution in [0, 0.1) is 13.8 Å². The van der Waals surface area contributed by atoms with E-state index >= 15 is 0 Å². The van der Waals surface area contributed by atoms with Crippen molar-refractivity contribution in [1.82, 2.24) is 15.0 Å². The number of methoxy groups -OCH3 is 2. The first-order valence-electron chi connectivity index (χ1n) is 6.82. The van der Waals surface area contributed by atoms with Gasteiger partial charge in [0.2, 0.25) is 5.28 Å². The molecule has 0 unspecified atom stereocenters. The van der Waals surface area contributed by atoms with Crippen LogP contribution < -0.4 is 14.8 Å². The first kappa shape index (κ1) is 15.8. The third kappa shape index (κ3) is 3.02. The third-order valence-corrected chi connectivity index (χ3v) is 4.58. The predicted octanol–water partition coefficient (Wildman–Crippen LogP) is 4.12. The molecule has 3 rings (SSSR count). The maximum atomic E-state index is 6.04. The van der Waals surface area contributed by atoms with Crippen LogP contribution in [0.15, 0.2) is 12.1 Å². The van der Waals surface area contributed by atoms with Gasteiger partial charge in [0.15, 0.2) is 16.6 Å². The molecule has 2 heterocycles. The molecule has 23 heavy (non-hydrogen) atoms. The van der Waals surface area contributed by atoms with Crippen molar-refractivity contribution in [2.24, 2.45) is 0 Å². The Morgan fingerprint density at radius 3 is 2.35 bits per heavy atom. The molecule has 0 spiro atoms. The average Bonchev–Trinajstić information content (AvgIpc) is 2.83. The average molecular weight is 351 g/mol. The van der Waals surface area contributed by atoms with E-state index in [0.717, 1.165) is 21.1 Å². The molecule has 0 aliphatic carbocycles. The van der Waals surface area contributed by atoms with Crippen LogP contribution in [0.1, 0.15) is 10.6 Å². The molecular formula is C15H15ClN4O2S. The summed E-state index contributed by atoms with van der Waals surface area (Å²) in [5, 5.41) is 4.89. The molecule has 0 fully saturated rings. The van der Waals surface area contributed by atoms with Gasteiger partial charge < -0.3 is 14.8 Å². The van der Waals surface area contributed by atoms with E-state index in [4.69, 9.17) is 21.1 Å². The summed E-state index contributed by atoms with van der Waals surface area (Å²) in [5.74, 6) is 1.76. The molecule has 0 saturated carbocycles. The number of nitrogens with zero attached hydrogens (tertiary/aromatic N) is 3. The SMILES string of the molecule is COc1cc2nc(Cl)nc(Nc3nc(C)c(C)s3)c2cc1OC. The fourth-order valence-electron chi connectivity index (χ4n) is 2.15. The van der Waals surface area contributed by atoms with Gasteiger partial charge in [0.05, 0.1) is 25.4 Å². The number of aryl methyl sites for hydroxylation is 2. The molecular weight excluding hydrogens is 336 g/mol. The highest BCUT2D eigenvalue weighted by Crippen LogP contribution is 2.36. The highest BCUT2D eigenvalue weighted by atomic mass is 35.5. The Balaban J connectivity index is 2.14. The fraction of sp³-hybridized carbons (Fsp3) is 0.267. The minimum atomic E-state index is 0.150. The van der Waals surface area contributed by atoms with E-state index in [1.807, 2.05) is 19.9 Å². The lowest BCUT2D eigenvalue weighted by atomic mass is 10.2. The second kappa shape index (κ2) is 6.17. The van der Waals surface area contributed by atoms with E-state index in [1.165, 1.54) is 0 Å². The van der Waals surface area contributed by atoms with Gasteiger partial charge in [-0.15, -0.1) is 11.3 Å². The number of anilines is 2. The fourth-order valence-corrected chi connectivity index (χ4v) is 3.14. The van der Waals surface area contributed by atoms with E-state index in [9.17, 15) is 0 Å². The molecule has 0 bridgehead atoms. The molecule has 0 aliphatic heterocycles. The summed E-state index contributed by atoms with van der Waals surface area (Å²) < 4.78 is 10.7. The van der Waals surface area contributed by atoms with Crippen LogP contribution in [0.4, 0.5) is 10.9 Å². The van der Waals surface area contributed by atoms with Crippen molar-refractivity contribution < 1.29 is 9.47 Å². The van der Waals surface area contributed by atoms with E-state index in [2.05, 4.69) is 20.3 Å². The number of benzene rings is 1. The van der Waals surface area contributed by atoms with Crippen LogP contribution in [0.5, 0.6) is 11.5 Å². The lowest BCUT2D eigenvalue weighted by molar-refractivity contribution is 0.356. The molecule has 1 aromatic carbocycles. The molecule has 0 saturated heterocycles. The molecule has 0 aliphatic rings. The number of fused-ring (bicyclic) bond motifs is 1. The van der Waals surface area contributed by atoms with Crippen LogP contribution in [-0.4, -0.2) is 29.2 Å². The van der Waals surface area contributed by atoms with Crippen molar-refractivity contribution in [3.8, 4) is 11.5 Å². The first-order chi connectivity index (χ1) is 11.0. The van der Waals surface area contributed by atoms with Crippen molar-refractivity contribution in [2.45, 2.75) is 13.8 Å². The zero-order valence-corrected chi connectivity index (χ0v) is 14.7. The maximum absolute atomic E-state index is 6.04. The van der Waals surface area contributed by atoms with Crippen molar-refractivity contribution >= 4 is 44.8 Å². The van der Waals surface area contributed by atoms with Crippen LogP contribution in [0.3, 0.4) is 0 Å². The van der Waals surface area contributed by atoms with Gasteiger partial charge in [-0.1, -0.05) is 0 Å². The van der Waals surface area contributed by atoms with E-state index in [1.54, 1.807) is 31.6 Å². The molecule has 0 radical (unpaired) electrons. The number of hydrogen-bond donors (Lipinski definition) is 1. The topological polar surface area (TPSA) is 69.2 Å².